The minimum Gasteiger partial charge on any atom is -0.288 e. The van der Waals surface area contributed by atoms with Gasteiger partial charge in [-0.15, -0.1) is 0 Å². The average Bonchev–Trinajstić information content (AvgIpc) is 2.57. The maximum Gasteiger partial charge on any atom is 0.200 e. The first-order valence-corrected chi connectivity index (χ1v) is 6.47. The summed E-state index contributed by atoms with van der Waals surface area (Å²) in [5.41, 5.74) is -1.61. The van der Waals surface area contributed by atoms with Crippen molar-refractivity contribution in [3.63, 3.8) is 0 Å². The van der Waals surface area contributed by atoms with Crippen molar-refractivity contribution in [2.75, 3.05) is 0 Å². The van der Waals surface area contributed by atoms with Crippen LogP contribution in [0.2, 0.25) is 0 Å². The van der Waals surface area contributed by atoms with E-state index in [1.807, 2.05) is 0 Å². The number of hydrogen-bond acceptors (Lipinski definition) is 1. The van der Waals surface area contributed by atoms with E-state index in [-0.39, 0.29) is 5.56 Å². The van der Waals surface area contributed by atoms with Gasteiger partial charge in [-0.3, -0.25) is 4.79 Å². The van der Waals surface area contributed by atoms with E-state index >= 15 is 0 Å². The van der Waals surface area contributed by atoms with Crippen molar-refractivity contribution in [3.8, 4) is 0 Å². The summed E-state index contributed by atoms with van der Waals surface area (Å²) in [6.45, 7) is 0. The van der Waals surface area contributed by atoms with E-state index in [1.54, 1.807) is 24.3 Å². The smallest absolute Gasteiger partial charge is 0.200 e. The van der Waals surface area contributed by atoms with Crippen molar-refractivity contribution in [1.29, 1.82) is 0 Å². The highest BCUT2D eigenvalue weighted by molar-refractivity contribution is 6.16. The Kier molecular flexibility index (Phi) is 3.60. The third kappa shape index (κ3) is 2.27. The molecule has 0 aliphatic rings. The number of hydrogen-bond donors (Lipinski definition) is 0. The zero-order valence-corrected chi connectivity index (χ0v) is 11.3. The van der Waals surface area contributed by atoms with Crippen LogP contribution in [0.25, 0.3) is 10.8 Å². The first kappa shape index (κ1) is 15.1. The van der Waals surface area contributed by atoms with Crippen molar-refractivity contribution in [1.82, 2.24) is 0 Å². The Morgan fingerprint density at radius 2 is 1.17 bits per heavy atom. The normalized spacial score (nSPS) is 11.0. The molecule has 0 saturated carbocycles. The summed E-state index contributed by atoms with van der Waals surface area (Å²) in [5, 5.41) is 0.950. The third-order valence-corrected chi connectivity index (χ3v) is 3.47. The minimum absolute atomic E-state index is 0.147. The maximum atomic E-state index is 13.8. The topological polar surface area (TPSA) is 17.1 Å². The van der Waals surface area contributed by atoms with Crippen LogP contribution in [0, 0.1) is 29.1 Å². The SMILES string of the molecule is O=C(c1c(F)c(F)c(F)c(F)c1F)c1cccc2ccccc12. The van der Waals surface area contributed by atoms with Gasteiger partial charge in [0.2, 0.25) is 5.82 Å². The van der Waals surface area contributed by atoms with Gasteiger partial charge in [0.1, 0.15) is 5.56 Å². The van der Waals surface area contributed by atoms with Gasteiger partial charge in [0.15, 0.2) is 29.1 Å². The summed E-state index contributed by atoms with van der Waals surface area (Å²) >= 11 is 0. The fourth-order valence-electron chi connectivity index (χ4n) is 2.36. The highest BCUT2D eigenvalue weighted by atomic mass is 19.2. The quantitative estimate of drug-likeness (QED) is 0.288. The monoisotopic (exact) mass is 322 g/mol. The fraction of sp³-hybridized carbons (Fsp3) is 0. The molecule has 0 radical (unpaired) electrons. The first-order chi connectivity index (χ1) is 10.9. The molecule has 0 amide bonds. The van der Waals surface area contributed by atoms with Gasteiger partial charge in [-0.2, -0.15) is 0 Å². The Balaban J connectivity index is 2.29. The van der Waals surface area contributed by atoms with Gasteiger partial charge >= 0.3 is 0 Å². The summed E-state index contributed by atoms with van der Waals surface area (Å²) in [7, 11) is 0. The molecule has 0 spiro atoms. The van der Waals surface area contributed by atoms with Gasteiger partial charge in [0, 0.05) is 5.56 Å². The molecule has 0 atom stereocenters. The predicted molar refractivity (Wildman–Crippen MR) is 73.6 cm³/mol. The molecule has 0 fully saturated rings. The molecular weight excluding hydrogens is 315 g/mol. The molecule has 0 heterocycles. The van der Waals surface area contributed by atoms with E-state index in [4.69, 9.17) is 0 Å². The highest BCUT2D eigenvalue weighted by Crippen LogP contribution is 2.27. The lowest BCUT2D eigenvalue weighted by atomic mass is 9.96. The van der Waals surface area contributed by atoms with E-state index in [0.29, 0.717) is 10.8 Å². The molecular formula is C17H7F5O. The number of benzene rings is 3. The molecule has 0 N–H and O–H groups in total. The second kappa shape index (κ2) is 5.46. The number of carbonyl (C=O) groups is 1. The van der Waals surface area contributed by atoms with Gasteiger partial charge in [0.25, 0.3) is 0 Å². The zero-order valence-electron chi connectivity index (χ0n) is 11.3. The molecule has 0 aliphatic carbocycles. The van der Waals surface area contributed by atoms with Crippen molar-refractivity contribution in [2.24, 2.45) is 0 Å². The molecule has 3 rings (SSSR count). The summed E-state index contributed by atoms with van der Waals surface area (Å²) in [4.78, 5) is 12.4. The van der Waals surface area contributed by atoms with E-state index in [2.05, 4.69) is 0 Å². The van der Waals surface area contributed by atoms with Crippen LogP contribution in [0.5, 0.6) is 0 Å². The predicted octanol–water partition coefficient (Wildman–Crippen LogP) is 4.77. The average molecular weight is 322 g/mol. The Morgan fingerprint density at radius 1 is 0.652 bits per heavy atom. The molecule has 0 saturated heterocycles. The summed E-state index contributed by atoms with van der Waals surface area (Å²) in [6, 6.07) is 10.8. The molecule has 3 aromatic carbocycles. The van der Waals surface area contributed by atoms with Crippen molar-refractivity contribution in [3.05, 3.63) is 82.7 Å². The zero-order chi connectivity index (χ0) is 16.7. The Morgan fingerprint density at radius 3 is 1.83 bits per heavy atom. The van der Waals surface area contributed by atoms with E-state index in [0.717, 1.165) is 0 Å². The lowest BCUT2D eigenvalue weighted by Gasteiger charge is -2.09. The third-order valence-electron chi connectivity index (χ3n) is 3.47. The number of carbonyl (C=O) groups excluding carboxylic acids is 1. The van der Waals surface area contributed by atoms with E-state index < -0.39 is 40.4 Å². The van der Waals surface area contributed by atoms with Gasteiger partial charge < -0.3 is 0 Å². The Labute approximate surface area is 127 Å². The second-order valence-electron chi connectivity index (χ2n) is 4.80. The lowest BCUT2D eigenvalue weighted by molar-refractivity contribution is 0.102. The minimum atomic E-state index is -2.30. The Hall–Kier alpha value is -2.76. The van der Waals surface area contributed by atoms with Gasteiger partial charge in [-0.25, -0.2) is 22.0 Å². The standard InChI is InChI=1S/C17H7F5O/c18-12-11(13(19)15(21)16(22)14(12)20)17(23)10-7-3-5-8-4-1-2-6-9(8)10/h1-7H. The lowest BCUT2D eigenvalue weighted by Crippen LogP contribution is -2.14. The maximum absolute atomic E-state index is 13.8. The molecule has 3 aromatic rings. The Bertz CT molecular complexity index is 915. The number of fused-ring (bicyclic) bond motifs is 1. The molecule has 1 nitrogen and oxygen atoms in total. The van der Waals surface area contributed by atoms with E-state index in [9.17, 15) is 26.7 Å². The molecule has 0 bridgehead atoms. The van der Waals surface area contributed by atoms with Crippen LogP contribution >= 0.6 is 0 Å². The van der Waals surface area contributed by atoms with Crippen LogP contribution in [-0.4, -0.2) is 5.78 Å². The number of halogens is 5. The molecule has 6 heteroatoms. The van der Waals surface area contributed by atoms with Crippen molar-refractivity contribution >= 4 is 16.6 Å². The second-order valence-corrected chi connectivity index (χ2v) is 4.80. The number of rotatable bonds is 2. The van der Waals surface area contributed by atoms with Crippen LogP contribution in [0.15, 0.2) is 42.5 Å². The number of ketones is 1. The van der Waals surface area contributed by atoms with Crippen molar-refractivity contribution in [2.45, 2.75) is 0 Å². The summed E-state index contributed by atoms with van der Waals surface area (Å²) < 4.78 is 67.2. The van der Waals surface area contributed by atoms with Crippen LogP contribution in [0.4, 0.5) is 22.0 Å². The van der Waals surface area contributed by atoms with Crippen LogP contribution in [0.3, 0.4) is 0 Å². The highest BCUT2D eigenvalue weighted by Gasteiger charge is 2.30. The van der Waals surface area contributed by atoms with E-state index in [1.165, 1.54) is 18.2 Å². The molecule has 0 unspecified atom stereocenters. The fourth-order valence-corrected chi connectivity index (χ4v) is 2.36. The van der Waals surface area contributed by atoms with Gasteiger partial charge in [-0.05, 0) is 10.8 Å². The molecule has 23 heavy (non-hydrogen) atoms. The summed E-state index contributed by atoms with van der Waals surface area (Å²) in [5.74, 6) is -12.1. The van der Waals surface area contributed by atoms with Crippen LogP contribution < -0.4 is 0 Å². The molecule has 0 aliphatic heterocycles. The largest absolute Gasteiger partial charge is 0.288 e. The molecule has 116 valence electrons. The van der Waals surface area contributed by atoms with Crippen LogP contribution in [0.1, 0.15) is 15.9 Å². The first-order valence-electron chi connectivity index (χ1n) is 6.47. The van der Waals surface area contributed by atoms with Crippen molar-refractivity contribution < 1.29 is 26.7 Å². The summed E-state index contributed by atoms with van der Waals surface area (Å²) in [6.07, 6.45) is 0. The molecule has 0 aromatic heterocycles. The van der Waals surface area contributed by atoms with Crippen LogP contribution in [-0.2, 0) is 0 Å². The van der Waals surface area contributed by atoms with Gasteiger partial charge in [0.05, 0.1) is 0 Å². The van der Waals surface area contributed by atoms with Gasteiger partial charge in [-0.1, -0.05) is 42.5 Å².